The van der Waals surface area contributed by atoms with E-state index < -0.39 is 0 Å². The summed E-state index contributed by atoms with van der Waals surface area (Å²) < 4.78 is 12.5. The van der Waals surface area contributed by atoms with E-state index in [2.05, 4.69) is 0 Å². The third-order valence-corrected chi connectivity index (χ3v) is 6.70. The summed E-state index contributed by atoms with van der Waals surface area (Å²) in [4.78, 5) is 32.8. The van der Waals surface area contributed by atoms with Gasteiger partial charge in [0.1, 0.15) is 5.75 Å². The first kappa shape index (κ1) is 22.6. The van der Waals surface area contributed by atoms with E-state index in [1.165, 1.54) is 23.4 Å². The molecule has 0 radical (unpaired) electrons. The van der Waals surface area contributed by atoms with Crippen LogP contribution in [-0.4, -0.2) is 59.0 Å². The molecule has 0 N–H and O–H groups in total. The van der Waals surface area contributed by atoms with Crippen LogP contribution in [0.15, 0.2) is 46.3 Å². The Morgan fingerprint density at radius 3 is 2.88 bits per heavy atom. The van der Waals surface area contributed by atoms with E-state index in [0.29, 0.717) is 52.2 Å². The molecule has 1 atom stereocenters. The predicted octanol–water partition coefficient (Wildman–Crippen LogP) is 3.70. The molecule has 0 saturated carbocycles. The van der Waals surface area contributed by atoms with E-state index in [9.17, 15) is 9.59 Å². The third-order valence-electron chi connectivity index (χ3n) is 5.36. The fourth-order valence-electron chi connectivity index (χ4n) is 3.67. The minimum atomic E-state index is -0.231. The Bertz CT molecular complexity index is 1230. The van der Waals surface area contributed by atoms with E-state index in [1.54, 1.807) is 35.2 Å². The van der Waals surface area contributed by atoms with Gasteiger partial charge in [-0.15, -0.1) is 0 Å². The molecule has 1 saturated heterocycles. The number of thioether (sulfide) groups is 1. The molecule has 2 aromatic carbocycles. The highest BCUT2D eigenvalue weighted by atomic mass is 35.5. The highest BCUT2D eigenvalue weighted by Crippen LogP contribution is 2.32. The van der Waals surface area contributed by atoms with Crippen molar-refractivity contribution >= 4 is 40.2 Å². The fraction of sp³-hybridized carbons (Fsp3) is 0.348. The number of ether oxygens (including phenoxy) is 2. The molecule has 1 aromatic heterocycles. The number of aryl methyl sites for hydroxylation is 1. The number of fused-ring (bicyclic) bond motifs is 1. The van der Waals surface area contributed by atoms with Crippen LogP contribution in [0.1, 0.15) is 12.5 Å². The van der Waals surface area contributed by atoms with Crippen LogP contribution in [0.3, 0.4) is 0 Å². The zero-order chi connectivity index (χ0) is 22.8. The summed E-state index contributed by atoms with van der Waals surface area (Å²) in [5.41, 5.74) is 1.68. The Kier molecular flexibility index (Phi) is 6.74. The largest absolute Gasteiger partial charge is 0.495 e. The van der Waals surface area contributed by atoms with Crippen molar-refractivity contribution < 1.29 is 14.3 Å². The number of methoxy groups -OCH3 is 1. The van der Waals surface area contributed by atoms with Gasteiger partial charge in [0.05, 0.1) is 42.2 Å². The van der Waals surface area contributed by atoms with Gasteiger partial charge in [0, 0.05) is 24.2 Å². The van der Waals surface area contributed by atoms with Crippen LogP contribution in [0.25, 0.3) is 16.6 Å². The molecule has 9 heteroatoms. The molecule has 1 aliphatic rings. The number of carbonyl (C=O) groups is 1. The minimum Gasteiger partial charge on any atom is -0.495 e. The van der Waals surface area contributed by atoms with Crippen LogP contribution in [0.5, 0.6) is 5.75 Å². The molecule has 1 fully saturated rings. The molecule has 168 valence electrons. The standard InChI is InChI=1S/C23H24ClN3O4S/c1-14-10-19(20(30-3)11-17(14)24)27-22(29)16-6-4-5-7-18(16)25-23(27)32-13-21(28)26-8-9-31-15(2)12-26/h4-7,10-11,15H,8-9,12-13H2,1-3H3. The predicted molar refractivity (Wildman–Crippen MR) is 126 cm³/mol. The lowest BCUT2D eigenvalue weighted by Gasteiger charge is -2.31. The number of benzene rings is 2. The summed E-state index contributed by atoms with van der Waals surface area (Å²) in [7, 11) is 1.53. The maximum Gasteiger partial charge on any atom is 0.266 e. The Balaban J connectivity index is 1.78. The van der Waals surface area contributed by atoms with Gasteiger partial charge in [-0.05, 0) is 37.6 Å². The average molecular weight is 474 g/mol. The molecule has 2 heterocycles. The van der Waals surface area contributed by atoms with Crippen LogP contribution >= 0.6 is 23.4 Å². The van der Waals surface area contributed by atoms with Gasteiger partial charge in [0.25, 0.3) is 5.56 Å². The molecule has 1 amide bonds. The highest BCUT2D eigenvalue weighted by Gasteiger charge is 2.23. The third kappa shape index (κ3) is 4.48. The number of amides is 1. The van der Waals surface area contributed by atoms with Crippen LogP contribution in [0, 0.1) is 6.92 Å². The minimum absolute atomic E-state index is 0.0102. The molecule has 1 aliphatic heterocycles. The zero-order valence-electron chi connectivity index (χ0n) is 18.1. The van der Waals surface area contributed by atoms with E-state index in [4.69, 9.17) is 26.1 Å². The number of hydrogen-bond acceptors (Lipinski definition) is 6. The molecule has 32 heavy (non-hydrogen) atoms. The number of morpholine rings is 1. The Labute approximate surface area is 195 Å². The first-order valence-electron chi connectivity index (χ1n) is 10.3. The second-order valence-electron chi connectivity index (χ2n) is 7.64. The molecule has 0 aliphatic carbocycles. The van der Waals surface area contributed by atoms with Gasteiger partial charge in [-0.2, -0.15) is 0 Å². The van der Waals surface area contributed by atoms with Gasteiger partial charge in [-0.25, -0.2) is 4.98 Å². The van der Waals surface area contributed by atoms with Gasteiger partial charge >= 0.3 is 0 Å². The second kappa shape index (κ2) is 9.52. The Morgan fingerprint density at radius 1 is 1.34 bits per heavy atom. The van der Waals surface area contributed by atoms with Crippen molar-refractivity contribution in [1.29, 1.82) is 0 Å². The maximum absolute atomic E-state index is 13.5. The van der Waals surface area contributed by atoms with E-state index in [0.717, 1.165) is 5.56 Å². The van der Waals surface area contributed by atoms with Gasteiger partial charge in [0.15, 0.2) is 5.16 Å². The normalized spacial score (nSPS) is 16.4. The number of rotatable bonds is 5. The lowest BCUT2D eigenvalue weighted by Crippen LogP contribution is -2.45. The molecular formula is C23H24ClN3O4S. The number of halogens is 1. The SMILES string of the molecule is COc1cc(Cl)c(C)cc1-n1c(SCC(=O)N2CCOC(C)C2)nc2ccccc2c1=O. The summed E-state index contributed by atoms with van der Waals surface area (Å²) >= 11 is 7.51. The Hall–Kier alpha value is -2.55. The van der Waals surface area contributed by atoms with Gasteiger partial charge in [-0.3, -0.25) is 14.2 Å². The smallest absolute Gasteiger partial charge is 0.266 e. The second-order valence-corrected chi connectivity index (χ2v) is 8.98. The van der Waals surface area contributed by atoms with Crippen molar-refractivity contribution in [1.82, 2.24) is 14.5 Å². The van der Waals surface area contributed by atoms with Gasteiger partial charge in [-0.1, -0.05) is 35.5 Å². The van der Waals surface area contributed by atoms with Crippen molar-refractivity contribution in [3.05, 3.63) is 57.3 Å². The zero-order valence-corrected chi connectivity index (χ0v) is 19.7. The van der Waals surface area contributed by atoms with Crippen molar-refractivity contribution in [2.45, 2.75) is 25.1 Å². The first-order valence-corrected chi connectivity index (χ1v) is 11.6. The summed E-state index contributed by atoms with van der Waals surface area (Å²) in [6.45, 7) is 5.45. The lowest BCUT2D eigenvalue weighted by atomic mass is 10.2. The van der Waals surface area contributed by atoms with E-state index in [-0.39, 0.29) is 23.3 Å². The summed E-state index contributed by atoms with van der Waals surface area (Å²) in [5.74, 6) is 0.597. The lowest BCUT2D eigenvalue weighted by molar-refractivity contribution is -0.135. The first-order chi connectivity index (χ1) is 15.4. The number of nitrogens with zero attached hydrogens (tertiary/aromatic N) is 3. The Morgan fingerprint density at radius 2 is 2.12 bits per heavy atom. The number of carbonyl (C=O) groups excluding carboxylic acids is 1. The average Bonchev–Trinajstić information content (AvgIpc) is 2.79. The molecule has 0 spiro atoms. The van der Waals surface area contributed by atoms with Crippen molar-refractivity contribution in [2.24, 2.45) is 0 Å². The summed E-state index contributed by atoms with van der Waals surface area (Å²) in [6.07, 6.45) is 0.0102. The van der Waals surface area contributed by atoms with Crippen molar-refractivity contribution in [3.8, 4) is 11.4 Å². The fourth-order valence-corrected chi connectivity index (χ4v) is 4.73. The number of para-hydroxylation sites is 1. The monoisotopic (exact) mass is 473 g/mol. The molecule has 3 aromatic rings. The number of aromatic nitrogens is 2. The van der Waals surface area contributed by atoms with E-state index >= 15 is 0 Å². The quantitative estimate of drug-likeness (QED) is 0.415. The molecular weight excluding hydrogens is 450 g/mol. The molecule has 1 unspecified atom stereocenters. The topological polar surface area (TPSA) is 73.7 Å². The maximum atomic E-state index is 13.5. The van der Waals surface area contributed by atoms with Gasteiger partial charge < -0.3 is 14.4 Å². The summed E-state index contributed by atoms with van der Waals surface area (Å²) in [5, 5.41) is 1.45. The summed E-state index contributed by atoms with van der Waals surface area (Å²) in [6, 6.07) is 10.7. The number of hydrogen-bond donors (Lipinski definition) is 0. The molecule has 4 rings (SSSR count). The van der Waals surface area contributed by atoms with Crippen molar-refractivity contribution in [2.75, 3.05) is 32.6 Å². The highest BCUT2D eigenvalue weighted by molar-refractivity contribution is 7.99. The van der Waals surface area contributed by atoms with Crippen LogP contribution in [0.4, 0.5) is 0 Å². The van der Waals surface area contributed by atoms with Crippen LogP contribution in [-0.2, 0) is 9.53 Å². The van der Waals surface area contributed by atoms with Crippen molar-refractivity contribution in [3.63, 3.8) is 0 Å². The molecule has 7 nitrogen and oxygen atoms in total. The van der Waals surface area contributed by atoms with Gasteiger partial charge in [0.2, 0.25) is 5.91 Å². The van der Waals surface area contributed by atoms with E-state index in [1.807, 2.05) is 19.9 Å². The van der Waals surface area contributed by atoms with Crippen LogP contribution in [0.2, 0.25) is 5.02 Å². The van der Waals surface area contributed by atoms with Crippen LogP contribution < -0.4 is 10.3 Å². The molecule has 0 bridgehead atoms.